The van der Waals surface area contributed by atoms with Crippen LogP contribution in [0.5, 0.6) is 11.6 Å². The molecule has 6 nitrogen and oxygen atoms in total. The number of aromatic nitrogens is 1. The lowest BCUT2D eigenvalue weighted by Crippen LogP contribution is -2.18. The number of nitrogen functional groups attached to an aromatic ring is 1. The number of hydrogen-bond acceptors (Lipinski definition) is 5. The van der Waals surface area contributed by atoms with E-state index < -0.39 is 0 Å². The Morgan fingerprint density at radius 1 is 1.33 bits per heavy atom. The lowest BCUT2D eigenvalue weighted by molar-refractivity contribution is -0.116. The van der Waals surface area contributed by atoms with E-state index in [1.165, 1.54) is 12.3 Å². The summed E-state index contributed by atoms with van der Waals surface area (Å²) >= 11 is 0. The van der Waals surface area contributed by atoms with Crippen molar-refractivity contribution in [2.45, 2.75) is 12.8 Å². The number of pyridine rings is 1. The zero-order chi connectivity index (χ0) is 14.8. The summed E-state index contributed by atoms with van der Waals surface area (Å²) in [6.45, 7) is 0. The van der Waals surface area contributed by atoms with Crippen LogP contribution < -0.4 is 15.8 Å². The maximum atomic E-state index is 11.3. The van der Waals surface area contributed by atoms with Crippen LogP contribution in [0.2, 0.25) is 0 Å². The molecule has 0 radical (unpaired) electrons. The molecule has 2 heterocycles. The van der Waals surface area contributed by atoms with Crippen molar-refractivity contribution >= 4 is 17.3 Å². The number of amides is 1. The Balaban J connectivity index is 1.90. The highest BCUT2D eigenvalue weighted by Gasteiger charge is 2.16. The van der Waals surface area contributed by atoms with Gasteiger partial charge in [0.15, 0.2) is 0 Å². The minimum Gasteiger partial charge on any atom is -0.437 e. The average molecular weight is 280 g/mol. The van der Waals surface area contributed by atoms with E-state index in [0.717, 1.165) is 11.3 Å². The fourth-order valence-corrected chi connectivity index (χ4v) is 2.17. The number of nitrogens with two attached hydrogens (primary N) is 1. The Kier molecular flexibility index (Phi) is 3.16. The van der Waals surface area contributed by atoms with Crippen molar-refractivity contribution in [3.63, 3.8) is 0 Å². The van der Waals surface area contributed by atoms with Crippen molar-refractivity contribution in [3.05, 3.63) is 41.6 Å². The molecule has 0 spiro atoms. The van der Waals surface area contributed by atoms with Crippen LogP contribution >= 0.6 is 0 Å². The monoisotopic (exact) mass is 280 g/mol. The van der Waals surface area contributed by atoms with Crippen molar-refractivity contribution < 1.29 is 9.53 Å². The van der Waals surface area contributed by atoms with E-state index in [0.29, 0.717) is 24.2 Å². The number of carbonyl (C=O) groups excluding carboxylic acids is 1. The van der Waals surface area contributed by atoms with Gasteiger partial charge in [-0.3, -0.25) is 4.79 Å². The number of fused-ring (bicyclic) bond motifs is 1. The highest BCUT2D eigenvalue weighted by molar-refractivity contribution is 5.94. The van der Waals surface area contributed by atoms with E-state index in [1.54, 1.807) is 12.1 Å². The van der Waals surface area contributed by atoms with Gasteiger partial charge in [-0.2, -0.15) is 5.26 Å². The minimum atomic E-state index is 0.0174. The number of nitrogens with zero attached hydrogens (tertiary/aromatic N) is 2. The summed E-state index contributed by atoms with van der Waals surface area (Å²) in [4.78, 5) is 15.4. The molecule has 104 valence electrons. The fraction of sp³-hybridized carbons (Fsp3) is 0.133. The second-order valence-electron chi connectivity index (χ2n) is 4.66. The number of rotatable bonds is 2. The zero-order valence-electron chi connectivity index (χ0n) is 11.1. The lowest BCUT2D eigenvalue weighted by atomic mass is 10.0. The Bertz CT molecular complexity index is 765. The van der Waals surface area contributed by atoms with Crippen LogP contribution in [0.25, 0.3) is 0 Å². The number of hydrogen-bond donors (Lipinski definition) is 2. The summed E-state index contributed by atoms with van der Waals surface area (Å²) in [7, 11) is 0. The van der Waals surface area contributed by atoms with Gasteiger partial charge in [-0.15, -0.1) is 0 Å². The maximum absolute atomic E-state index is 11.3. The van der Waals surface area contributed by atoms with E-state index in [1.807, 2.05) is 12.1 Å². The lowest BCUT2D eigenvalue weighted by Gasteiger charge is -2.17. The molecule has 2 aromatic rings. The third kappa shape index (κ3) is 2.49. The number of aryl methyl sites for hydroxylation is 1. The molecule has 6 heteroatoms. The molecule has 1 aliphatic rings. The quantitative estimate of drug-likeness (QED) is 0.878. The van der Waals surface area contributed by atoms with Crippen LogP contribution in [0.3, 0.4) is 0 Å². The van der Waals surface area contributed by atoms with Crippen molar-refractivity contribution in [3.8, 4) is 17.7 Å². The van der Waals surface area contributed by atoms with Gasteiger partial charge in [-0.05, 0) is 36.2 Å². The van der Waals surface area contributed by atoms with Gasteiger partial charge < -0.3 is 15.8 Å². The first-order valence-electron chi connectivity index (χ1n) is 6.42. The number of ether oxygens (including phenoxy) is 1. The Morgan fingerprint density at radius 3 is 3.00 bits per heavy atom. The summed E-state index contributed by atoms with van der Waals surface area (Å²) in [6.07, 6.45) is 2.60. The molecule has 0 saturated carbocycles. The summed E-state index contributed by atoms with van der Waals surface area (Å²) in [5.41, 5.74) is 8.17. The third-order valence-corrected chi connectivity index (χ3v) is 3.26. The number of benzene rings is 1. The molecule has 1 amide bonds. The highest BCUT2D eigenvalue weighted by Crippen LogP contribution is 2.31. The minimum absolute atomic E-state index is 0.0174. The molecule has 1 aromatic carbocycles. The van der Waals surface area contributed by atoms with Gasteiger partial charge in [0.2, 0.25) is 11.8 Å². The third-order valence-electron chi connectivity index (χ3n) is 3.26. The number of nitriles is 1. The second kappa shape index (κ2) is 5.13. The van der Waals surface area contributed by atoms with E-state index in [9.17, 15) is 4.79 Å². The molecule has 0 unspecified atom stereocenters. The first-order valence-corrected chi connectivity index (χ1v) is 6.42. The Labute approximate surface area is 121 Å². The molecule has 0 atom stereocenters. The van der Waals surface area contributed by atoms with Gasteiger partial charge in [0.1, 0.15) is 17.5 Å². The molecule has 0 aliphatic carbocycles. The maximum Gasteiger partial charge on any atom is 0.244 e. The molecule has 0 bridgehead atoms. The smallest absolute Gasteiger partial charge is 0.244 e. The van der Waals surface area contributed by atoms with Crippen molar-refractivity contribution in [2.24, 2.45) is 0 Å². The fourth-order valence-electron chi connectivity index (χ4n) is 2.17. The van der Waals surface area contributed by atoms with E-state index in [-0.39, 0.29) is 17.5 Å². The van der Waals surface area contributed by atoms with Crippen LogP contribution in [0.1, 0.15) is 17.5 Å². The van der Waals surface area contributed by atoms with E-state index >= 15 is 0 Å². The average Bonchev–Trinajstić information content (AvgIpc) is 2.49. The van der Waals surface area contributed by atoms with Gasteiger partial charge >= 0.3 is 0 Å². The van der Waals surface area contributed by atoms with Gasteiger partial charge in [-0.1, -0.05) is 0 Å². The number of nitrogens with one attached hydrogen (secondary N) is 1. The first-order chi connectivity index (χ1) is 10.2. The summed E-state index contributed by atoms with van der Waals surface area (Å²) in [5, 5.41) is 11.7. The van der Waals surface area contributed by atoms with Crippen molar-refractivity contribution in [2.75, 3.05) is 11.1 Å². The predicted octanol–water partition coefficient (Wildman–Crippen LogP) is 2.21. The normalized spacial score (nSPS) is 13.0. The summed E-state index contributed by atoms with van der Waals surface area (Å²) in [5.74, 6) is 0.789. The second-order valence-corrected chi connectivity index (χ2v) is 4.66. The highest BCUT2D eigenvalue weighted by atomic mass is 16.5. The van der Waals surface area contributed by atoms with Crippen LogP contribution in [0.4, 0.5) is 11.4 Å². The van der Waals surface area contributed by atoms with Gasteiger partial charge in [0.05, 0.1) is 5.56 Å². The molecule has 21 heavy (non-hydrogen) atoms. The topological polar surface area (TPSA) is 101 Å². The van der Waals surface area contributed by atoms with Gasteiger partial charge in [-0.25, -0.2) is 4.98 Å². The van der Waals surface area contributed by atoms with Crippen LogP contribution in [-0.4, -0.2) is 10.9 Å². The van der Waals surface area contributed by atoms with Gasteiger partial charge in [0.25, 0.3) is 0 Å². The summed E-state index contributed by atoms with van der Waals surface area (Å²) < 4.78 is 5.64. The Morgan fingerprint density at radius 2 is 2.19 bits per heavy atom. The SMILES string of the molecule is N#Cc1ccnc(Oc2ccc3c(c2)CCC(=O)N3)c1N. The molecule has 1 aliphatic heterocycles. The van der Waals surface area contributed by atoms with Crippen LogP contribution in [0.15, 0.2) is 30.5 Å². The molecule has 0 saturated heterocycles. The largest absolute Gasteiger partial charge is 0.437 e. The first kappa shape index (κ1) is 12.9. The van der Waals surface area contributed by atoms with E-state index in [4.69, 9.17) is 15.7 Å². The predicted molar refractivity (Wildman–Crippen MR) is 76.8 cm³/mol. The van der Waals surface area contributed by atoms with Crippen LogP contribution in [-0.2, 0) is 11.2 Å². The summed E-state index contributed by atoms with van der Waals surface area (Å²) in [6, 6.07) is 8.87. The van der Waals surface area contributed by atoms with E-state index in [2.05, 4.69) is 10.3 Å². The number of anilines is 2. The standard InChI is InChI=1S/C15H12N4O2/c16-8-10-5-6-18-15(14(10)17)21-11-2-3-12-9(7-11)1-4-13(20)19-12/h2-3,5-7H,1,4,17H2,(H,19,20). The molecular formula is C15H12N4O2. The molecule has 1 aromatic heterocycles. The molecule has 0 fully saturated rings. The van der Waals surface area contributed by atoms with Gasteiger partial charge in [0, 0.05) is 18.3 Å². The molecular weight excluding hydrogens is 268 g/mol. The number of carbonyl (C=O) groups is 1. The van der Waals surface area contributed by atoms with Crippen molar-refractivity contribution in [1.82, 2.24) is 4.98 Å². The Hall–Kier alpha value is -3.07. The van der Waals surface area contributed by atoms with Crippen LogP contribution in [0, 0.1) is 11.3 Å². The molecule has 3 rings (SSSR count). The molecule has 3 N–H and O–H groups in total. The van der Waals surface area contributed by atoms with Crippen molar-refractivity contribution in [1.29, 1.82) is 5.26 Å². The zero-order valence-corrected chi connectivity index (χ0v) is 11.1.